The number of carbonyl (C=O) groups is 1. The van der Waals surface area contributed by atoms with Gasteiger partial charge in [0.05, 0.1) is 6.61 Å². The Balaban J connectivity index is 2.01. The van der Waals surface area contributed by atoms with Crippen molar-refractivity contribution in [3.05, 3.63) is 30.1 Å². The number of carbonyl (C=O) groups excluding carboxylic acids is 1. The van der Waals surface area contributed by atoms with Crippen LogP contribution in [0, 0.1) is 5.92 Å². The molecule has 1 saturated heterocycles. The van der Waals surface area contributed by atoms with Gasteiger partial charge in [-0.15, -0.1) is 0 Å². The van der Waals surface area contributed by atoms with Gasteiger partial charge in [-0.1, -0.05) is 19.4 Å². The molecule has 1 atom stereocenters. The summed E-state index contributed by atoms with van der Waals surface area (Å²) in [5.74, 6) is 0.519. The molecule has 1 fully saturated rings. The van der Waals surface area contributed by atoms with Gasteiger partial charge < -0.3 is 9.64 Å². The average Bonchev–Trinajstić information content (AvgIpc) is 2.96. The second-order valence-electron chi connectivity index (χ2n) is 5.05. The van der Waals surface area contributed by atoms with Crippen LogP contribution in [0.15, 0.2) is 24.4 Å². The number of hydrogen-bond acceptors (Lipinski definition) is 3. The molecule has 0 aliphatic carbocycles. The van der Waals surface area contributed by atoms with Gasteiger partial charge in [-0.2, -0.15) is 0 Å². The highest BCUT2D eigenvalue weighted by Crippen LogP contribution is 2.15. The van der Waals surface area contributed by atoms with Crippen LogP contribution in [0.5, 0.6) is 0 Å². The van der Waals surface area contributed by atoms with Crippen LogP contribution >= 0.6 is 0 Å². The lowest BCUT2D eigenvalue weighted by Crippen LogP contribution is -2.36. The molecule has 1 aliphatic heterocycles. The highest BCUT2D eigenvalue weighted by Gasteiger charge is 2.23. The van der Waals surface area contributed by atoms with Gasteiger partial charge in [0.15, 0.2) is 0 Å². The lowest BCUT2D eigenvalue weighted by Gasteiger charge is -2.24. The van der Waals surface area contributed by atoms with Crippen molar-refractivity contribution < 1.29 is 9.53 Å². The highest BCUT2D eigenvalue weighted by molar-refractivity contribution is 5.92. The lowest BCUT2D eigenvalue weighted by atomic mass is 10.1. The fourth-order valence-electron chi connectivity index (χ4n) is 2.31. The molecule has 4 nitrogen and oxygen atoms in total. The summed E-state index contributed by atoms with van der Waals surface area (Å²) in [6.45, 7) is 5.34. The minimum absolute atomic E-state index is 0.0425. The molecule has 1 aromatic heterocycles. The number of aromatic nitrogens is 1. The van der Waals surface area contributed by atoms with Crippen LogP contribution in [0.3, 0.4) is 0 Å². The Morgan fingerprint density at radius 3 is 3.05 bits per heavy atom. The Hall–Kier alpha value is -1.42. The van der Waals surface area contributed by atoms with E-state index in [1.54, 1.807) is 12.3 Å². The van der Waals surface area contributed by atoms with Gasteiger partial charge in [0, 0.05) is 31.8 Å². The molecule has 1 aromatic rings. The molecule has 1 amide bonds. The van der Waals surface area contributed by atoms with Gasteiger partial charge in [0.2, 0.25) is 0 Å². The van der Waals surface area contributed by atoms with Crippen molar-refractivity contribution in [3.8, 4) is 0 Å². The van der Waals surface area contributed by atoms with Crippen LogP contribution < -0.4 is 0 Å². The molecule has 0 bridgehead atoms. The van der Waals surface area contributed by atoms with Crippen molar-refractivity contribution in [1.29, 1.82) is 0 Å². The van der Waals surface area contributed by atoms with E-state index >= 15 is 0 Å². The molecule has 0 N–H and O–H groups in total. The van der Waals surface area contributed by atoms with Crippen molar-refractivity contribution in [2.24, 2.45) is 5.92 Å². The molecule has 0 spiro atoms. The summed E-state index contributed by atoms with van der Waals surface area (Å²) < 4.78 is 5.39. The third-order valence-electron chi connectivity index (χ3n) is 3.46. The zero-order valence-corrected chi connectivity index (χ0v) is 11.5. The van der Waals surface area contributed by atoms with Crippen molar-refractivity contribution in [2.75, 3.05) is 26.3 Å². The van der Waals surface area contributed by atoms with E-state index in [1.807, 2.05) is 17.0 Å². The number of rotatable bonds is 6. The van der Waals surface area contributed by atoms with E-state index in [9.17, 15) is 4.79 Å². The standard InChI is InChI=1S/C15H22N2O2/c1-2-3-9-17(11-13-7-10-19-12-13)15(18)14-6-4-5-8-16-14/h4-6,8,13H,2-3,7,9-12H2,1H3. The van der Waals surface area contributed by atoms with Crippen molar-refractivity contribution >= 4 is 5.91 Å². The Bertz CT molecular complexity index is 388. The Labute approximate surface area is 114 Å². The van der Waals surface area contributed by atoms with Crippen LogP contribution in [0.1, 0.15) is 36.7 Å². The molecular weight excluding hydrogens is 240 g/mol. The van der Waals surface area contributed by atoms with Crippen LogP contribution in [0.25, 0.3) is 0 Å². The van der Waals surface area contributed by atoms with E-state index in [1.165, 1.54) is 0 Å². The van der Waals surface area contributed by atoms with Crippen molar-refractivity contribution in [3.63, 3.8) is 0 Å². The first-order valence-corrected chi connectivity index (χ1v) is 7.09. The lowest BCUT2D eigenvalue weighted by molar-refractivity contribution is 0.0712. The summed E-state index contributed by atoms with van der Waals surface area (Å²) >= 11 is 0. The molecular formula is C15H22N2O2. The zero-order valence-electron chi connectivity index (χ0n) is 11.5. The number of hydrogen-bond donors (Lipinski definition) is 0. The van der Waals surface area contributed by atoms with Crippen molar-refractivity contribution in [2.45, 2.75) is 26.2 Å². The first-order chi connectivity index (χ1) is 9.31. The largest absolute Gasteiger partial charge is 0.381 e. The molecule has 104 valence electrons. The number of amides is 1. The highest BCUT2D eigenvalue weighted by atomic mass is 16.5. The Morgan fingerprint density at radius 1 is 1.53 bits per heavy atom. The maximum absolute atomic E-state index is 12.5. The molecule has 2 rings (SSSR count). The van der Waals surface area contributed by atoms with Gasteiger partial charge in [-0.25, -0.2) is 0 Å². The van der Waals surface area contributed by atoms with E-state index in [4.69, 9.17) is 4.74 Å². The SMILES string of the molecule is CCCCN(CC1CCOC1)C(=O)c1ccccn1. The monoisotopic (exact) mass is 262 g/mol. The second-order valence-corrected chi connectivity index (χ2v) is 5.05. The second kappa shape index (κ2) is 7.24. The minimum atomic E-state index is 0.0425. The first kappa shape index (κ1) is 14.0. The molecule has 2 heterocycles. The van der Waals surface area contributed by atoms with Crippen LogP contribution in [-0.4, -0.2) is 42.1 Å². The van der Waals surface area contributed by atoms with Gasteiger partial charge in [-0.3, -0.25) is 9.78 Å². The number of pyridine rings is 1. The maximum Gasteiger partial charge on any atom is 0.272 e. The minimum Gasteiger partial charge on any atom is -0.381 e. The summed E-state index contributed by atoms with van der Waals surface area (Å²) in [5, 5.41) is 0. The summed E-state index contributed by atoms with van der Waals surface area (Å²) in [7, 11) is 0. The predicted octanol–water partition coefficient (Wildman–Crippen LogP) is 2.36. The smallest absolute Gasteiger partial charge is 0.272 e. The fraction of sp³-hybridized carbons (Fsp3) is 0.600. The summed E-state index contributed by atoms with van der Waals surface area (Å²) in [6.07, 6.45) is 4.85. The molecule has 4 heteroatoms. The Kier molecular flexibility index (Phi) is 5.33. The normalized spacial score (nSPS) is 18.5. The third-order valence-corrected chi connectivity index (χ3v) is 3.46. The topological polar surface area (TPSA) is 42.4 Å². The Morgan fingerprint density at radius 2 is 2.42 bits per heavy atom. The average molecular weight is 262 g/mol. The molecule has 0 radical (unpaired) electrons. The predicted molar refractivity (Wildman–Crippen MR) is 74.0 cm³/mol. The van der Waals surface area contributed by atoms with E-state index in [0.717, 1.165) is 45.6 Å². The number of ether oxygens (including phenoxy) is 1. The molecule has 0 saturated carbocycles. The van der Waals surface area contributed by atoms with Crippen LogP contribution in [-0.2, 0) is 4.74 Å². The first-order valence-electron chi connectivity index (χ1n) is 7.09. The van der Waals surface area contributed by atoms with E-state index in [-0.39, 0.29) is 5.91 Å². The van der Waals surface area contributed by atoms with E-state index in [0.29, 0.717) is 11.6 Å². The number of nitrogens with zero attached hydrogens (tertiary/aromatic N) is 2. The molecule has 0 aromatic carbocycles. The number of unbranched alkanes of at least 4 members (excludes halogenated alkanes) is 1. The van der Waals surface area contributed by atoms with Crippen LogP contribution in [0.2, 0.25) is 0 Å². The molecule has 1 unspecified atom stereocenters. The van der Waals surface area contributed by atoms with Crippen molar-refractivity contribution in [1.82, 2.24) is 9.88 Å². The summed E-state index contributed by atoms with van der Waals surface area (Å²) in [4.78, 5) is 18.6. The zero-order chi connectivity index (χ0) is 13.5. The van der Waals surface area contributed by atoms with Gasteiger partial charge in [0.25, 0.3) is 5.91 Å². The summed E-state index contributed by atoms with van der Waals surface area (Å²) in [6, 6.07) is 5.47. The third kappa shape index (κ3) is 4.03. The molecule has 19 heavy (non-hydrogen) atoms. The summed E-state index contributed by atoms with van der Waals surface area (Å²) in [5.41, 5.74) is 0.539. The van der Waals surface area contributed by atoms with Gasteiger partial charge in [-0.05, 0) is 25.0 Å². The van der Waals surface area contributed by atoms with Gasteiger partial charge >= 0.3 is 0 Å². The molecule has 1 aliphatic rings. The quantitative estimate of drug-likeness (QED) is 0.790. The van der Waals surface area contributed by atoms with Gasteiger partial charge in [0.1, 0.15) is 5.69 Å². The maximum atomic E-state index is 12.5. The fourth-order valence-corrected chi connectivity index (χ4v) is 2.31. The van der Waals surface area contributed by atoms with Crippen LogP contribution in [0.4, 0.5) is 0 Å². The van der Waals surface area contributed by atoms with E-state index < -0.39 is 0 Å². The van der Waals surface area contributed by atoms with E-state index in [2.05, 4.69) is 11.9 Å².